The van der Waals surface area contributed by atoms with Gasteiger partial charge in [-0.25, -0.2) is 0 Å². The van der Waals surface area contributed by atoms with Crippen LogP contribution in [0.4, 0.5) is 5.69 Å². The summed E-state index contributed by atoms with van der Waals surface area (Å²) < 4.78 is 10.6. The number of nitrogens with zero attached hydrogens (tertiary/aromatic N) is 3. The van der Waals surface area contributed by atoms with E-state index >= 15 is 0 Å². The second-order valence-corrected chi connectivity index (χ2v) is 6.15. The summed E-state index contributed by atoms with van der Waals surface area (Å²) in [5.41, 5.74) is 1.82. The highest BCUT2D eigenvalue weighted by Crippen LogP contribution is 2.27. The van der Waals surface area contributed by atoms with Crippen molar-refractivity contribution in [2.45, 2.75) is 13.0 Å². The van der Waals surface area contributed by atoms with Gasteiger partial charge >= 0.3 is 0 Å². The standard InChI is InChI=1S/C20H26N4O4.HI/c1-21-20(22-14-16-7-5-6-8-17(16)24(25)26)23(2)12-11-15-9-10-18(27-3)19(13-15)28-4;/h5-10,13H,11-12,14H2,1-4H3,(H,21,22);1H. The smallest absolute Gasteiger partial charge is 0.274 e. The molecule has 2 aromatic rings. The SMILES string of the molecule is CN=C(NCc1ccccc1[N+](=O)[O-])N(C)CCc1ccc(OC)c(OC)c1.I. The number of guanidine groups is 1. The Balaban J connectivity index is 0.00000420. The number of rotatable bonds is 8. The molecule has 0 aromatic heterocycles. The minimum absolute atomic E-state index is 0. The molecule has 0 radical (unpaired) electrons. The van der Waals surface area contributed by atoms with Gasteiger partial charge in [0.25, 0.3) is 5.69 Å². The Labute approximate surface area is 188 Å². The van der Waals surface area contributed by atoms with E-state index in [1.54, 1.807) is 39.5 Å². The number of benzene rings is 2. The zero-order valence-corrected chi connectivity index (χ0v) is 19.4. The number of methoxy groups -OCH3 is 2. The topological polar surface area (TPSA) is 89.2 Å². The van der Waals surface area contributed by atoms with Crippen molar-refractivity contribution in [3.8, 4) is 11.5 Å². The average molecular weight is 514 g/mol. The lowest BCUT2D eigenvalue weighted by molar-refractivity contribution is -0.385. The maximum absolute atomic E-state index is 11.1. The first kappa shape index (κ1) is 24.5. The monoisotopic (exact) mass is 514 g/mol. The molecule has 2 aromatic carbocycles. The van der Waals surface area contributed by atoms with E-state index in [1.165, 1.54) is 6.07 Å². The summed E-state index contributed by atoms with van der Waals surface area (Å²) in [6, 6.07) is 12.5. The summed E-state index contributed by atoms with van der Waals surface area (Å²) in [6.45, 7) is 1.04. The van der Waals surface area contributed by atoms with Crippen molar-refractivity contribution < 1.29 is 14.4 Å². The van der Waals surface area contributed by atoms with E-state index in [4.69, 9.17) is 9.47 Å². The van der Waals surface area contributed by atoms with Gasteiger partial charge in [0, 0.05) is 38.8 Å². The lowest BCUT2D eigenvalue weighted by Crippen LogP contribution is -2.39. The van der Waals surface area contributed by atoms with Crippen LogP contribution in [0.1, 0.15) is 11.1 Å². The number of nitro groups is 1. The van der Waals surface area contributed by atoms with Gasteiger partial charge in [0.1, 0.15) is 0 Å². The molecule has 0 saturated heterocycles. The first-order chi connectivity index (χ1) is 13.5. The largest absolute Gasteiger partial charge is 0.493 e. The van der Waals surface area contributed by atoms with Gasteiger partial charge in [-0.15, -0.1) is 24.0 Å². The zero-order chi connectivity index (χ0) is 20.5. The highest BCUT2D eigenvalue weighted by atomic mass is 127. The van der Waals surface area contributed by atoms with E-state index in [9.17, 15) is 10.1 Å². The fourth-order valence-electron chi connectivity index (χ4n) is 2.84. The third kappa shape index (κ3) is 6.77. The Morgan fingerprint density at radius 1 is 1.17 bits per heavy atom. The maximum atomic E-state index is 11.1. The van der Waals surface area contributed by atoms with E-state index in [0.717, 1.165) is 12.0 Å². The zero-order valence-electron chi connectivity index (χ0n) is 17.0. The molecule has 29 heavy (non-hydrogen) atoms. The molecule has 0 unspecified atom stereocenters. The van der Waals surface area contributed by atoms with Crippen LogP contribution in [0.15, 0.2) is 47.5 Å². The molecule has 1 N–H and O–H groups in total. The number of para-hydroxylation sites is 1. The lowest BCUT2D eigenvalue weighted by Gasteiger charge is -2.22. The molecule has 0 heterocycles. The van der Waals surface area contributed by atoms with Crippen LogP contribution < -0.4 is 14.8 Å². The summed E-state index contributed by atoms with van der Waals surface area (Å²) in [5.74, 6) is 2.06. The summed E-state index contributed by atoms with van der Waals surface area (Å²) in [4.78, 5) is 17.0. The van der Waals surface area contributed by atoms with Crippen LogP contribution in [0.5, 0.6) is 11.5 Å². The molecule has 0 aliphatic heterocycles. The molecule has 0 fully saturated rings. The normalized spacial score (nSPS) is 10.7. The van der Waals surface area contributed by atoms with E-state index in [-0.39, 0.29) is 34.6 Å². The van der Waals surface area contributed by atoms with Crippen LogP contribution >= 0.6 is 24.0 Å². The van der Waals surface area contributed by atoms with Crippen LogP contribution in [0, 0.1) is 10.1 Å². The Hall–Kier alpha value is -2.56. The summed E-state index contributed by atoms with van der Waals surface area (Å²) in [6.07, 6.45) is 0.781. The number of hydrogen-bond acceptors (Lipinski definition) is 5. The molecule has 0 amide bonds. The lowest BCUT2D eigenvalue weighted by atomic mass is 10.1. The van der Waals surface area contributed by atoms with Gasteiger partial charge in [0.2, 0.25) is 0 Å². The number of halogens is 1. The Bertz CT molecular complexity index is 845. The number of likely N-dealkylation sites (N-methyl/N-ethyl adjacent to an activating group) is 1. The molecule has 0 aliphatic rings. The molecule has 0 spiro atoms. The van der Waals surface area contributed by atoms with Crippen molar-refractivity contribution in [3.63, 3.8) is 0 Å². The predicted molar refractivity (Wildman–Crippen MR) is 125 cm³/mol. The predicted octanol–water partition coefficient (Wildman–Crippen LogP) is 3.48. The van der Waals surface area contributed by atoms with Gasteiger partial charge in [-0.1, -0.05) is 24.3 Å². The van der Waals surface area contributed by atoms with Gasteiger partial charge in [-0.05, 0) is 24.1 Å². The van der Waals surface area contributed by atoms with Crippen molar-refractivity contribution in [2.24, 2.45) is 4.99 Å². The number of ether oxygens (including phenoxy) is 2. The summed E-state index contributed by atoms with van der Waals surface area (Å²) in [5, 5.41) is 14.3. The molecule has 9 heteroatoms. The fraction of sp³-hybridized carbons (Fsp3) is 0.350. The van der Waals surface area contributed by atoms with Gasteiger partial charge in [-0.2, -0.15) is 0 Å². The minimum atomic E-state index is -0.374. The minimum Gasteiger partial charge on any atom is -0.493 e. The molecule has 0 atom stereocenters. The second-order valence-electron chi connectivity index (χ2n) is 6.15. The van der Waals surface area contributed by atoms with Gasteiger partial charge in [0.15, 0.2) is 17.5 Å². The molecular weight excluding hydrogens is 487 g/mol. The summed E-state index contributed by atoms with van der Waals surface area (Å²) in [7, 11) is 6.84. The van der Waals surface area contributed by atoms with Crippen molar-refractivity contribution in [3.05, 3.63) is 63.7 Å². The molecule has 0 aliphatic carbocycles. The quantitative estimate of drug-likeness (QED) is 0.191. The van der Waals surface area contributed by atoms with Gasteiger partial charge < -0.3 is 19.7 Å². The Kier molecular flexibility index (Phi) is 10.2. The molecule has 0 bridgehead atoms. The number of nitrogens with one attached hydrogen (secondary N) is 1. The first-order valence-corrected chi connectivity index (χ1v) is 8.85. The van der Waals surface area contributed by atoms with Gasteiger partial charge in [-0.3, -0.25) is 15.1 Å². The van der Waals surface area contributed by atoms with Crippen LogP contribution in [0.3, 0.4) is 0 Å². The molecule has 2 rings (SSSR count). The maximum Gasteiger partial charge on any atom is 0.274 e. The van der Waals surface area contributed by atoms with E-state index in [1.807, 2.05) is 30.1 Å². The van der Waals surface area contributed by atoms with E-state index in [0.29, 0.717) is 36.1 Å². The highest BCUT2D eigenvalue weighted by Gasteiger charge is 2.14. The van der Waals surface area contributed by atoms with E-state index < -0.39 is 0 Å². The van der Waals surface area contributed by atoms with Gasteiger partial charge in [0.05, 0.1) is 19.1 Å². The van der Waals surface area contributed by atoms with Crippen LogP contribution in [-0.4, -0.2) is 50.6 Å². The Morgan fingerprint density at radius 2 is 1.86 bits per heavy atom. The fourth-order valence-corrected chi connectivity index (χ4v) is 2.84. The van der Waals surface area contributed by atoms with Crippen LogP contribution in [-0.2, 0) is 13.0 Å². The summed E-state index contributed by atoms with van der Waals surface area (Å²) >= 11 is 0. The van der Waals surface area contributed by atoms with Crippen molar-refractivity contribution in [1.29, 1.82) is 0 Å². The second kappa shape index (κ2) is 12.1. The first-order valence-electron chi connectivity index (χ1n) is 8.85. The van der Waals surface area contributed by atoms with Crippen molar-refractivity contribution in [1.82, 2.24) is 10.2 Å². The van der Waals surface area contributed by atoms with Crippen molar-refractivity contribution in [2.75, 3.05) is 34.9 Å². The molecule has 8 nitrogen and oxygen atoms in total. The molecule has 0 saturated carbocycles. The average Bonchev–Trinajstić information content (AvgIpc) is 2.72. The van der Waals surface area contributed by atoms with Crippen molar-refractivity contribution >= 4 is 35.6 Å². The molecular formula is C20H27IN4O4. The number of hydrogen-bond donors (Lipinski definition) is 1. The van der Waals surface area contributed by atoms with Crippen LogP contribution in [0.2, 0.25) is 0 Å². The van der Waals surface area contributed by atoms with E-state index in [2.05, 4.69) is 10.3 Å². The Morgan fingerprint density at radius 3 is 2.48 bits per heavy atom. The highest BCUT2D eigenvalue weighted by molar-refractivity contribution is 14.0. The third-order valence-corrected chi connectivity index (χ3v) is 4.38. The third-order valence-electron chi connectivity index (χ3n) is 4.38. The molecule has 158 valence electrons. The number of aliphatic imine (C=N–C) groups is 1. The van der Waals surface area contributed by atoms with Crippen LogP contribution in [0.25, 0.3) is 0 Å². The number of nitro benzene ring substituents is 1.